The Morgan fingerprint density at radius 2 is 2.00 bits per heavy atom. The van der Waals surface area contributed by atoms with Crippen LogP contribution in [0.3, 0.4) is 0 Å². The first-order valence-corrected chi connectivity index (χ1v) is 9.16. The molecule has 1 aliphatic rings. The lowest BCUT2D eigenvalue weighted by Crippen LogP contribution is -2.18. The van der Waals surface area contributed by atoms with Gasteiger partial charge >= 0.3 is 0 Å². The molecule has 24 heavy (non-hydrogen) atoms. The van der Waals surface area contributed by atoms with E-state index in [-0.39, 0.29) is 4.90 Å². The summed E-state index contributed by atoms with van der Waals surface area (Å²) in [6, 6.07) is 10.0. The Morgan fingerprint density at radius 3 is 2.71 bits per heavy atom. The predicted octanol–water partition coefficient (Wildman–Crippen LogP) is 2.37. The third-order valence-electron chi connectivity index (χ3n) is 3.57. The highest BCUT2D eigenvalue weighted by Crippen LogP contribution is 2.31. The molecule has 0 unspecified atom stereocenters. The van der Waals surface area contributed by atoms with Gasteiger partial charge in [-0.15, -0.1) is 0 Å². The second kappa shape index (κ2) is 5.62. The van der Waals surface area contributed by atoms with Crippen LogP contribution < -0.4 is 11.0 Å². The number of hydrazine groups is 1. The number of hydrogen-bond acceptors (Lipinski definition) is 6. The molecule has 122 valence electrons. The fourth-order valence-electron chi connectivity index (χ4n) is 2.48. The Balaban J connectivity index is 2.00. The zero-order chi connectivity index (χ0) is 16.7. The molecule has 2 N–H and O–H groups in total. The number of hydrogen-bond donors (Lipinski definition) is 2. The van der Waals surface area contributed by atoms with E-state index >= 15 is 0 Å². The van der Waals surface area contributed by atoms with E-state index in [2.05, 4.69) is 31.9 Å². The van der Waals surface area contributed by atoms with Gasteiger partial charge in [-0.3, -0.25) is 5.43 Å². The van der Waals surface area contributed by atoms with Crippen LogP contribution in [0.2, 0.25) is 0 Å². The Morgan fingerprint density at radius 1 is 1.21 bits per heavy atom. The fourth-order valence-corrected chi connectivity index (χ4v) is 4.16. The Hall–Kier alpha value is -2.36. The first kappa shape index (κ1) is 15.2. The van der Waals surface area contributed by atoms with Crippen molar-refractivity contribution in [1.29, 1.82) is 0 Å². The molecule has 1 aromatic carbocycles. The molecule has 2 aromatic heterocycles. The van der Waals surface area contributed by atoms with Crippen molar-refractivity contribution in [1.82, 2.24) is 20.0 Å². The van der Waals surface area contributed by atoms with Crippen LogP contribution in [0.25, 0.3) is 16.8 Å². The molecule has 3 heterocycles. The number of aromatic nitrogens is 2. The largest absolute Gasteiger partial charge is 0.387 e. The number of rotatable bonds is 3. The van der Waals surface area contributed by atoms with Gasteiger partial charge in [-0.05, 0) is 34.1 Å². The van der Waals surface area contributed by atoms with E-state index in [1.807, 2.05) is 0 Å². The van der Waals surface area contributed by atoms with Gasteiger partial charge in [-0.1, -0.05) is 23.8 Å². The molecule has 0 aliphatic carbocycles. The molecule has 0 saturated heterocycles. The van der Waals surface area contributed by atoms with E-state index in [0.29, 0.717) is 22.4 Å². The standard InChI is InChI=1S/C15H11BrN4O3S/c16-10-6-12-13(14-8-18-19-23-14)9-20(15(12)17-7-10)24(21,22)11-4-2-1-3-5-11/h1-9,18-19H. The van der Waals surface area contributed by atoms with Gasteiger partial charge in [0.1, 0.15) is 0 Å². The van der Waals surface area contributed by atoms with Crippen LogP contribution in [-0.4, -0.2) is 17.4 Å². The van der Waals surface area contributed by atoms with Crippen molar-refractivity contribution >= 4 is 42.7 Å². The number of benzene rings is 1. The molecule has 0 saturated carbocycles. The van der Waals surface area contributed by atoms with Crippen molar-refractivity contribution in [3.63, 3.8) is 0 Å². The van der Waals surface area contributed by atoms with Crippen LogP contribution in [0.4, 0.5) is 0 Å². The number of pyridine rings is 1. The lowest BCUT2D eigenvalue weighted by molar-refractivity contribution is 0.157. The molecule has 4 rings (SSSR count). The monoisotopic (exact) mass is 406 g/mol. The fraction of sp³-hybridized carbons (Fsp3) is 0. The van der Waals surface area contributed by atoms with Crippen LogP contribution >= 0.6 is 15.9 Å². The number of halogens is 1. The number of fused-ring (bicyclic) bond motifs is 1. The SMILES string of the molecule is O=S(=O)(c1ccccc1)n1cc(C2=CNNO2)c2cc(Br)cnc21. The van der Waals surface area contributed by atoms with Crippen LogP contribution in [-0.2, 0) is 14.9 Å². The van der Waals surface area contributed by atoms with Crippen molar-refractivity contribution in [3.8, 4) is 0 Å². The summed E-state index contributed by atoms with van der Waals surface area (Å²) >= 11 is 3.37. The second-order valence-electron chi connectivity index (χ2n) is 5.04. The maximum absolute atomic E-state index is 13.0. The van der Waals surface area contributed by atoms with E-state index in [1.54, 1.807) is 48.8 Å². The van der Waals surface area contributed by atoms with E-state index < -0.39 is 10.0 Å². The molecule has 0 radical (unpaired) electrons. The Bertz CT molecular complexity index is 1060. The third-order valence-corrected chi connectivity index (χ3v) is 5.67. The summed E-state index contributed by atoms with van der Waals surface area (Å²) in [6.07, 6.45) is 4.67. The van der Waals surface area contributed by atoms with Gasteiger partial charge in [0.15, 0.2) is 11.4 Å². The number of nitrogens with zero attached hydrogens (tertiary/aromatic N) is 2. The third kappa shape index (κ3) is 2.37. The molecule has 7 nitrogen and oxygen atoms in total. The van der Waals surface area contributed by atoms with Gasteiger partial charge in [-0.25, -0.2) is 17.4 Å². The molecule has 9 heteroatoms. The average molecular weight is 407 g/mol. The van der Waals surface area contributed by atoms with Crippen molar-refractivity contribution < 1.29 is 13.3 Å². The van der Waals surface area contributed by atoms with Crippen LogP contribution in [0.1, 0.15) is 5.56 Å². The van der Waals surface area contributed by atoms with Crippen molar-refractivity contribution in [2.45, 2.75) is 4.90 Å². The van der Waals surface area contributed by atoms with E-state index in [4.69, 9.17) is 4.84 Å². The van der Waals surface area contributed by atoms with Gasteiger partial charge < -0.3 is 4.84 Å². The smallest absolute Gasteiger partial charge is 0.269 e. The molecule has 0 atom stereocenters. The van der Waals surface area contributed by atoms with Gasteiger partial charge in [0.2, 0.25) is 0 Å². The lowest BCUT2D eigenvalue weighted by atomic mass is 10.2. The second-order valence-corrected chi connectivity index (χ2v) is 7.77. The molecular formula is C15H11BrN4O3S. The molecular weight excluding hydrogens is 396 g/mol. The highest BCUT2D eigenvalue weighted by Gasteiger charge is 2.25. The van der Waals surface area contributed by atoms with Gasteiger partial charge in [0, 0.05) is 27.8 Å². The van der Waals surface area contributed by atoms with Crippen LogP contribution in [0, 0.1) is 0 Å². The summed E-state index contributed by atoms with van der Waals surface area (Å²) < 4.78 is 27.9. The molecule has 0 spiro atoms. The predicted molar refractivity (Wildman–Crippen MR) is 91.8 cm³/mol. The normalized spacial score (nSPS) is 14.3. The zero-order valence-electron chi connectivity index (χ0n) is 12.1. The maximum atomic E-state index is 13.0. The first-order chi connectivity index (χ1) is 11.6. The average Bonchev–Trinajstić information content (AvgIpc) is 3.22. The van der Waals surface area contributed by atoms with E-state index in [1.165, 1.54) is 10.2 Å². The molecule has 1 aliphatic heterocycles. The van der Waals surface area contributed by atoms with Crippen LogP contribution in [0.5, 0.6) is 0 Å². The summed E-state index contributed by atoms with van der Waals surface area (Å²) in [5, 5.41) is 0.653. The molecule has 3 aromatic rings. The van der Waals surface area contributed by atoms with Crippen molar-refractivity contribution in [2.75, 3.05) is 0 Å². The summed E-state index contributed by atoms with van der Waals surface area (Å²) in [6.45, 7) is 0. The van der Waals surface area contributed by atoms with E-state index in [0.717, 1.165) is 4.47 Å². The summed E-state index contributed by atoms with van der Waals surface area (Å²) in [5.74, 6) is 0.474. The summed E-state index contributed by atoms with van der Waals surface area (Å²) in [4.78, 5) is 9.74. The molecule has 0 fully saturated rings. The highest BCUT2D eigenvalue weighted by molar-refractivity contribution is 9.10. The van der Waals surface area contributed by atoms with Gasteiger partial charge in [-0.2, -0.15) is 0 Å². The minimum atomic E-state index is -3.77. The topological polar surface area (TPSA) is 85.2 Å². The summed E-state index contributed by atoms with van der Waals surface area (Å²) in [5.41, 5.74) is 6.14. The number of nitrogens with one attached hydrogen (secondary N) is 2. The van der Waals surface area contributed by atoms with Crippen molar-refractivity contribution in [2.24, 2.45) is 0 Å². The molecule has 0 bridgehead atoms. The van der Waals surface area contributed by atoms with Crippen molar-refractivity contribution in [3.05, 3.63) is 65.0 Å². The minimum Gasteiger partial charge on any atom is -0.387 e. The Labute approximate surface area is 146 Å². The van der Waals surface area contributed by atoms with E-state index in [9.17, 15) is 8.42 Å². The maximum Gasteiger partial charge on any atom is 0.269 e. The lowest BCUT2D eigenvalue weighted by Gasteiger charge is -2.06. The zero-order valence-corrected chi connectivity index (χ0v) is 14.5. The quantitative estimate of drug-likeness (QED) is 0.694. The van der Waals surface area contributed by atoms with Gasteiger partial charge in [0.25, 0.3) is 10.0 Å². The Kier molecular flexibility index (Phi) is 3.56. The first-order valence-electron chi connectivity index (χ1n) is 6.92. The van der Waals surface area contributed by atoms with Gasteiger partial charge in [0.05, 0.1) is 11.1 Å². The minimum absolute atomic E-state index is 0.190. The van der Waals surface area contributed by atoms with Crippen LogP contribution in [0.15, 0.2) is 64.4 Å². The molecule has 0 amide bonds. The summed E-state index contributed by atoms with van der Waals surface area (Å²) in [7, 11) is -3.77. The highest BCUT2D eigenvalue weighted by atomic mass is 79.9.